The maximum Gasteiger partial charge on any atom is 0.407 e. The van der Waals surface area contributed by atoms with Crippen LogP contribution in [0, 0.1) is 0 Å². The summed E-state index contributed by atoms with van der Waals surface area (Å²) in [6.07, 6.45) is -8.66. The molecule has 1 aliphatic rings. The van der Waals surface area contributed by atoms with E-state index in [1.54, 1.807) is 18.2 Å². The zero-order valence-electron chi connectivity index (χ0n) is 22.6. The van der Waals surface area contributed by atoms with E-state index in [1.165, 1.54) is 26.0 Å². The molecule has 0 bridgehead atoms. The summed E-state index contributed by atoms with van der Waals surface area (Å²) < 4.78 is 24.6. The topological polar surface area (TPSA) is 181 Å². The summed E-state index contributed by atoms with van der Waals surface area (Å²) in [6, 6.07) is 6.01. The molecule has 1 heterocycles. The fourth-order valence-electron chi connectivity index (χ4n) is 3.60. The molecular formula is C26H30Cl3NO12. The quantitative estimate of drug-likeness (QED) is 0.181. The van der Waals surface area contributed by atoms with Crippen LogP contribution < -0.4 is 5.32 Å². The van der Waals surface area contributed by atoms with Gasteiger partial charge >= 0.3 is 24.0 Å². The minimum Gasteiger partial charge on any atom is -0.463 e. The Balaban J connectivity index is 2.39. The van der Waals surface area contributed by atoms with Gasteiger partial charge in [-0.25, -0.2) is 9.59 Å². The van der Waals surface area contributed by atoms with Gasteiger partial charge in [0, 0.05) is 12.8 Å². The molecule has 13 nitrogen and oxygen atoms in total. The molecule has 1 aromatic carbocycles. The molecule has 0 saturated carbocycles. The lowest BCUT2D eigenvalue weighted by atomic mass is 9.96. The monoisotopic (exact) mass is 653 g/mol. The Morgan fingerprint density at radius 3 is 2.02 bits per heavy atom. The lowest BCUT2D eigenvalue weighted by molar-refractivity contribution is -0.260. The zero-order valence-corrected chi connectivity index (χ0v) is 24.9. The molecule has 1 amide bonds. The van der Waals surface area contributed by atoms with Crippen molar-refractivity contribution in [3.63, 3.8) is 0 Å². The molecule has 0 aliphatic carbocycles. The molecule has 1 aliphatic heterocycles. The second kappa shape index (κ2) is 16.6. The fraction of sp³-hybridized carbons (Fsp3) is 0.538. The molecule has 0 aromatic heterocycles. The summed E-state index contributed by atoms with van der Waals surface area (Å²) in [5.41, 5.74) is 0.0740. The molecule has 0 unspecified atom stereocenters. The van der Waals surface area contributed by atoms with E-state index in [2.05, 4.69) is 5.32 Å². The van der Waals surface area contributed by atoms with Crippen molar-refractivity contribution in [2.24, 2.45) is 0 Å². The number of aliphatic hydroxyl groups excluding tert-OH is 1. The van der Waals surface area contributed by atoms with Crippen molar-refractivity contribution in [3.8, 4) is 0 Å². The number of alkyl halides is 3. The van der Waals surface area contributed by atoms with Crippen LogP contribution in [0.1, 0.15) is 49.9 Å². The van der Waals surface area contributed by atoms with Gasteiger partial charge in [0.05, 0.1) is 18.4 Å². The van der Waals surface area contributed by atoms with Crippen LogP contribution in [-0.4, -0.2) is 88.3 Å². The van der Waals surface area contributed by atoms with Gasteiger partial charge in [-0.2, -0.15) is 0 Å². The van der Waals surface area contributed by atoms with E-state index < -0.39 is 71.7 Å². The van der Waals surface area contributed by atoms with Crippen LogP contribution in [0.4, 0.5) is 4.79 Å². The molecule has 1 fully saturated rings. The number of ketones is 2. The second-order valence-corrected chi connectivity index (χ2v) is 11.7. The smallest absolute Gasteiger partial charge is 0.407 e. The molecule has 0 spiro atoms. The molecule has 232 valence electrons. The van der Waals surface area contributed by atoms with Crippen LogP contribution in [0.5, 0.6) is 0 Å². The third kappa shape index (κ3) is 12.5. The number of rotatable bonds is 13. The number of amides is 1. The molecule has 16 heteroatoms. The predicted molar refractivity (Wildman–Crippen MR) is 146 cm³/mol. The number of carbonyl (C=O) groups is 6. The van der Waals surface area contributed by atoms with Crippen molar-refractivity contribution in [2.45, 2.75) is 74.0 Å². The number of Topliss-reactive ketones (excluding diaryl/α,β-unsaturated/α-hetero) is 2. The van der Waals surface area contributed by atoms with E-state index in [0.717, 1.165) is 0 Å². The number of hydrogen-bond donors (Lipinski definition) is 2. The molecular weight excluding hydrogens is 625 g/mol. The van der Waals surface area contributed by atoms with Gasteiger partial charge < -0.3 is 43.7 Å². The van der Waals surface area contributed by atoms with E-state index >= 15 is 0 Å². The summed E-state index contributed by atoms with van der Waals surface area (Å²) in [4.78, 5) is 72.9. The number of aliphatic hydroxyl groups is 1. The van der Waals surface area contributed by atoms with Gasteiger partial charge in [-0.05, 0) is 26.0 Å². The van der Waals surface area contributed by atoms with Gasteiger partial charge in [0.25, 0.3) is 0 Å². The van der Waals surface area contributed by atoms with Gasteiger partial charge in [0.15, 0.2) is 18.5 Å². The Labute approximate surface area is 256 Å². The Morgan fingerprint density at radius 1 is 0.857 bits per heavy atom. The Bertz CT molecular complexity index is 1130. The van der Waals surface area contributed by atoms with Crippen LogP contribution in [0.2, 0.25) is 0 Å². The number of esters is 3. The first-order valence-corrected chi connectivity index (χ1v) is 13.7. The van der Waals surface area contributed by atoms with Crippen LogP contribution >= 0.6 is 34.8 Å². The largest absolute Gasteiger partial charge is 0.463 e. The molecule has 5 atom stereocenters. The fourth-order valence-corrected chi connectivity index (χ4v) is 3.76. The van der Waals surface area contributed by atoms with Gasteiger partial charge in [-0.1, -0.05) is 53.0 Å². The van der Waals surface area contributed by atoms with Gasteiger partial charge in [-0.15, -0.1) is 0 Å². The number of benzene rings is 1. The highest BCUT2D eigenvalue weighted by molar-refractivity contribution is 6.67. The highest BCUT2D eigenvalue weighted by atomic mass is 35.6. The first-order valence-electron chi connectivity index (χ1n) is 12.6. The molecule has 1 aromatic rings. The average molecular weight is 655 g/mol. The van der Waals surface area contributed by atoms with Gasteiger partial charge in [0.1, 0.15) is 36.9 Å². The molecule has 2 N–H and O–H groups in total. The number of nitrogens with one attached hydrogen (secondary N) is 1. The summed E-state index contributed by atoms with van der Waals surface area (Å²) >= 11 is 16.8. The lowest BCUT2D eigenvalue weighted by Gasteiger charge is -2.43. The Morgan fingerprint density at radius 2 is 1.45 bits per heavy atom. The summed E-state index contributed by atoms with van der Waals surface area (Å²) in [5.74, 6) is -3.20. The van der Waals surface area contributed by atoms with Crippen molar-refractivity contribution in [2.75, 3.05) is 13.2 Å². The first-order chi connectivity index (χ1) is 19.7. The minimum atomic E-state index is -1.97. The first kappa shape index (κ1) is 35.2. The van der Waals surface area contributed by atoms with Gasteiger partial charge in [-0.3, -0.25) is 9.59 Å². The third-order valence-electron chi connectivity index (χ3n) is 5.61. The van der Waals surface area contributed by atoms with E-state index in [0.29, 0.717) is 0 Å². The molecule has 1 saturated heterocycles. The van der Waals surface area contributed by atoms with Crippen molar-refractivity contribution in [1.82, 2.24) is 5.32 Å². The van der Waals surface area contributed by atoms with E-state index in [-0.39, 0.29) is 42.8 Å². The van der Waals surface area contributed by atoms with E-state index in [9.17, 15) is 33.9 Å². The summed E-state index contributed by atoms with van der Waals surface area (Å²) in [6.45, 7) is 1.26. The third-order valence-corrected chi connectivity index (χ3v) is 5.94. The van der Waals surface area contributed by atoms with E-state index in [4.69, 9.17) is 58.5 Å². The van der Waals surface area contributed by atoms with Gasteiger partial charge in [0.2, 0.25) is 3.79 Å². The summed E-state index contributed by atoms with van der Waals surface area (Å²) in [5, 5.41) is 13.0. The van der Waals surface area contributed by atoms with Crippen LogP contribution in [0.3, 0.4) is 0 Å². The Kier molecular flexibility index (Phi) is 13.9. The van der Waals surface area contributed by atoms with Crippen molar-refractivity contribution < 1.29 is 57.6 Å². The van der Waals surface area contributed by atoms with Crippen molar-refractivity contribution in [1.29, 1.82) is 0 Å². The minimum absolute atomic E-state index is 0.0740. The number of alkyl carbamates (subject to hydrolysis) is 1. The maximum absolute atomic E-state index is 13.0. The highest BCUT2D eigenvalue weighted by Gasteiger charge is 2.51. The lowest BCUT2D eigenvalue weighted by Crippen LogP contribution is -2.66. The SMILES string of the molecule is CC(=O)CCC(=O)OC[C@H]1O[C@@H](O)[C@H](NC(=O)OCC(Cl)(Cl)Cl)[C@H](OC(=O)c2ccccc2)[C@@H]1OC(=O)CCC(C)=O. The number of ether oxygens (including phenoxy) is 5. The summed E-state index contributed by atoms with van der Waals surface area (Å²) in [7, 11) is 0. The maximum atomic E-state index is 13.0. The van der Waals surface area contributed by atoms with Crippen LogP contribution in [-0.2, 0) is 42.9 Å². The molecule has 42 heavy (non-hydrogen) atoms. The average Bonchev–Trinajstić information content (AvgIpc) is 2.91. The standard InChI is InChI=1S/C26H30Cl3NO12/c1-14(31)8-10-18(33)38-12-17-21(41-19(34)11-9-15(2)32)22(42-23(35)16-6-4-3-5-7-16)20(24(36)40-17)30-25(37)39-13-26(27,28)29/h3-7,17,20-22,24,36H,8-13H2,1-2H3,(H,30,37)/t17-,20-,21-,22+,24-/m1/s1. The van der Waals surface area contributed by atoms with E-state index in [1.807, 2.05) is 0 Å². The number of carbonyl (C=O) groups excluding carboxylic acids is 6. The number of hydrogen-bond acceptors (Lipinski definition) is 12. The second-order valence-electron chi connectivity index (χ2n) is 9.20. The normalized spacial score (nSPS) is 21.9. The van der Waals surface area contributed by atoms with Crippen molar-refractivity contribution in [3.05, 3.63) is 35.9 Å². The van der Waals surface area contributed by atoms with Crippen LogP contribution in [0.25, 0.3) is 0 Å². The number of halogens is 3. The zero-order chi connectivity index (χ0) is 31.4. The van der Waals surface area contributed by atoms with Crippen molar-refractivity contribution >= 4 is 70.4 Å². The molecule has 2 rings (SSSR count). The molecule has 0 radical (unpaired) electrons. The Hall–Kier alpha value is -2.97. The highest BCUT2D eigenvalue weighted by Crippen LogP contribution is 2.29. The predicted octanol–water partition coefficient (Wildman–Crippen LogP) is 2.59. The van der Waals surface area contributed by atoms with Crippen LogP contribution in [0.15, 0.2) is 30.3 Å².